The van der Waals surface area contributed by atoms with E-state index in [2.05, 4.69) is 31.5 Å². The number of hydrogen-bond donors (Lipinski definition) is 1. The second-order valence-electron chi connectivity index (χ2n) is 5.20. The van der Waals surface area contributed by atoms with Crippen LogP contribution in [-0.4, -0.2) is 38.3 Å². The summed E-state index contributed by atoms with van der Waals surface area (Å²) in [5.41, 5.74) is 2.03. The van der Waals surface area contributed by atoms with Crippen molar-refractivity contribution >= 4 is 11.3 Å². The quantitative estimate of drug-likeness (QED) is 0.718. The first kappa shape index (κ1) is 15.8. The van der Waals surface area contributed by atoms with E-state index in [0.29, 0.717) is 18.3 Å². The van der Waals surface area contributed by atoms with Crippen LogP contribution in [0.3, 0.4) is 0 Å². The summed E-state index contributed by atoms with van der Waals surface area (Å²) in [6.07, 6.45) is 3.41. The lowest BCUT2D eigenvalue weighted by molar-refractivity contribution is 0.130. The van der Waals surface area contributed by atoms with E-state index in [1.807, 2.05) is 24.4 Å². The van der Waals surface area contributed by atoms with Crippen LogP contribution in [0.5, 0.6) is 0 Å². The Labute approximate surface area is 138 Å². The Morgan fingerprint density at radius 3 is 3.00 bits per heavy atom. The van der Waals surface area contributed by atoms with Crippen LogP contribution in [0.1, 0.15) is 24.4 Å². The smallest absolute Gasteiger partial charge is 0.244 e. The van der Waals surface area contributed by atoms with Crippen LogP contribution >= 0.6 is 11.3 Å². The Morgan fingerprint density at radius 1 is 1.39 bits per heavy atom. The third-order valence-corrected chi connectivity index (χ3v) is 4.35. The first-order chi connectivity index (χ1) is 11.3. The molecule has 0 amide bonds. The number of aliphatic hydroxyl groups excluding tert-OH is 1. The van der Waals surface area contributed by atoms with Crippen LogP contribution < -0.4 is 0 Å². The molecule has 23 heavy (non-hydrogen) atoms. The molecular weight excluding hydrogens is 312 g/mol. The largest absolute Gasteiger partial charge is 0.395 e. The van der Waals surface area contributed by atoms with Gasteiger partial charge in [-0.2, -0.15) is 16.3 Å². The molecule has 1 unspecified atom stereocenters. The average molecular weight is 330 g/mol. The standard InChI is InChI=1S/C16H18N4O2S/c1-12(20(6-7-21)10-13-4-8-23-11-13)16-18-15(19-22-16)14-3-2-5-17-9-14/h2-5,8-9,11-12,21H,6-7,10H2,1H3. The van der Waals surface area contributed by atoms with Gasteiger partial charge in [0.05, 0.1) is 12.6 Å². The van der Waals surface area contributed by atoms with E-state index in [9.17, 15) is 5.11 Å². The summed E-state index contributed by atoms with van der Waals surface area (Å²) >= 11 is 1.66. The van der Waals surface area contributed by atoms with Gasteiger partial charge in [-0.1, -0.05) is 5.16 Å². The summed E-state index contributed by atoms with van der Waals surface area (Å²) in [6, 6.07) is 5.73. The van der Waals surface area contributed by atoms with Gasteiger partial charge in [-0.25, -0.2) is 0 Å². The molecule has 120 valence electrons. The Bertz CT molecular complexity index is 715. The number of nitrogens with zero attached hydrogens (tertiary/aromatic N) is 4. The molecule has 0 saturated carbocycles. The molecule has 1 atom stereocenters. The highest BCUT2D eigenvalue weighted by Gasteiger charge is 2.22. The van der Waals surface area contributed by atoms with Crippen molar-refractivity contribution in [2.75, 3.05) is 13.2 Å². The predicted molar refractivity (Wildman–Crippen MR) is 87.8 cm³/mol. The zero-order valence-corrected chi connectivity index (χ0v) is 13.6. The lowest BCUT2D eigenvalue weighted by Crippen LogP contribution is -2.29. The minimum atomic E-state index is -0.0834. The molecule has 0 aromatic carbocycles. The predicted octanol–water partition coefficient (Wildman–Crippen LogP) is 2.75. The number of pyridine rings is 1. The molecular formula is C16H18N4O2S. The minimum Gasteiger partial charge on any atom is -0.395 e. The van der Waals surface area contributed by atoms with Gasteiger partial charge in [0.25, 0.3) is 0 Å². The van der Waals surface area contributed by atoms with Gasteiger partial charge < -0.3 is 9.63 Å². The van der Waals surface area contributed by atoms with Crippen molar-refractivity contribution in [2.24, 2.45) is 0 Å². The Kier molecular flexibility index (Phi) is 5.12. The van der Waals surface area contributed by atoms with E-state index in [4.69, 9.17) is 4.52 Å². The molecule has 0 spiro atoms. The zero-order valence-electron chi connectivity index (χ0n) is 12.8. The van der Waals surface area contributed by atoms with Gasteiger partial charge in [0, 0.05) is 31.0 Å². The molecule has 0 aliphatic carbocycles. The highest BCUT2D eigenvalue weighted by Crippen LogP contribution is 2.24. The molecule has 0 aliphatic heterocycles. The molecule has 0 aliphatic rings. The summed E-state index contributed by atoms with van der Waals surface area (Å²) < 4.78 is 5.42. The van der Waals surface area contributed by atoms with Crippen LogP contribution in [0.4, 0.5) is 0 Å². The van der Waals surface area contributed by atoms with Crippen LogP contribution in [0.2, 0.25) is 0 Å². The maximum atomic E-state index is 9.33. The van der Waals surface area contributed by atoms with Gasteiger partial charge in [0.1, 0.15) is 0 Å². The molecule has 0 radical (unpaired) electrons. The first-order valence-electron chi connectivity index (χ1n) is 7.38. The van der Waals surface area contributed by atoms with Crippen LogP contribution in [0.15, 0.2) is 45.9 Å². The van der Waals surface area contributed by atoms with Crippen molar-refractivity contribution in [3.05, 3.63) is 52.8 Å². The van der Waals surface area contributed by atoms with E-state index in [-0.39, 0.29) is 12.6 Å². The number of thiophene rings is 1. The lowest BCUT2D eigenvalue weighted by atomic mass is 10.2. The minimum absolute atomic E-state index is 0.0814. The monoisotopic (exact) mass is 330 g/mol. The maximum Gasteiger partial charge on any atom is 0.244 e. The van der Waals surface area contributed by atoms with Crippen LogP contribution in [0, 0.1) is 0 Å². The summed E-state index contributed by atoms with van der Waals surface area (Å²) in [4.78, 5) is 10.7. The number of hydrogen-bond acceptors (Lipinski definition) is 7. The van der Waals surface area contributed by atoms with Gasteiger partial charge in [-0.05, 0) is 41.4 Å². The van der Waals surface area contributed by atoms with E-state index >= 15 is 0 Å². The first-order valence-corrected chi connectivity index (χ1v) is 8.32. The number of rotatable bonds is 7. The van der Waals surface area contributed by atoms with Gasteiger partial charge in [-0.3, -0.25) is 9.88 Å². The van der Waals surface area contributed by atoms with Crippen molar-refractivity contribution in [1.82, 2.24) is 20.0 Å². The number of aromatic nitrogens is 3. The van der Waals surface area contributed by atoms with Crippen LogP contribution in [0.25, 0.3) is 11.4 Å². The van der Waals surface area contributed by atoms with Crippen molar-refractivity contribution in [1.29, 1.82) is 0 Å². The van der Waals surface area contributed by atoms with Crippen molar-refractivity contribution < 1.29 is 9.63 Å². The highest BCUT2D eigenvalue weighted by molar-refractivity contribution is 7.07. The fourth-order valence-corrected chi connectivity index (χ4v) is 2.99. The molecule has 1 N–H and O–H groups in total. The fourth-order valence-electron chi connectivity index (χ4n) is 2.33. The van der Waals surface area contributed by atoms with Crippen molar-refractivity contribution in [3.8, 4) is 11.4 Å². The normalized spacial score (nSPS) is 12.7. The van der Waals surface area contributed by atoms with Crippen molar-refractivity contribution in [3.63, 3.8) is 0 Å². The third kappa shape index (κ3) is 3.82. The molecule has 0 bridgehead atoms. The molecule has 6 nitrogen and oxygen atoms in total. The molecule has 3 rings (SSSR count). The average Bonchev–Trinajstić information content (AvgIpc) is 3.26. The second kappa shape index (κ2) is 7.45. The van der Waals surface area contributed by atoms with Gasteiger partial charge in [-0.15, -0.1) is 0 Å². The Morgan fingerprint density at radius 2 is 2.30 bits per heavy atom. The summed E-state index contributed by atoms with van der Waals surface area (Å²) in [5, 5.41) is 17.5. The molecule has 0 saturated heterocycles. The van der Waals surface area contributed by atoms with E-state index in [1.165, 1.54) is 5.56 Å². The molecule has 3 aromatic heterocycles. The van der Waals surface area contributed by atoms with Crippen LogP contribution in [-0.2, 0) is 6.54 Å². The Balaban J connectivity index is 1.77. The van der Waals surface area contributed by atoms with Gasteiger partial charge in [0.2, 0.25) is 11.7 Å². The maximum absolute atomic E-state index is 9.33. The summed E-state index contributed by atoms with van der Waals surface area (Å²) in [5.74, 6) is 1.06. The highest BCUT2D eigenvalue weighted by atomic mass is 32.1. The van der Waals surface area contributed by atoms with E-state index in [0.717, 1.165) is 12.1 Å². The third-order valence-electron chi connectivity index (χ3n) is 3.62. The lowest BCUT2D eigenvalue weighted by Gasteiger charge is -2.25. The molecule has 7 heteroatoms. The van der Waals surface area contributed by atoms with Gasteiger partial charge >= 0.3 is 0 Å². The number of aliphatic hydroxyl groups is 1. The second-order valence-corrected chi connectivity index (χ2v) is 5.98. The zero-order chi connectivity index (χ0) is 16.1. The molecule has 3 heterocycles. The van der Waals surface area contributed by atoms with Crippen molar-refractivity contribution in [2.45, 2.75) is 19.5 Å². The molecule has 3 aromatic rings. The summed E-state index contributed by atoms with van der Waals surface area (Å²) in [7, 11) is 0. The Hall–Kier alpha value is -2.09. The van der Waals surface area contributed by atoms with E-state index < -0.39 is 0 Å². The van der Waals surface area contributed by atoms with E-state index in [1.54, 1.807) is 23.7 Å². The van der Waals surface area contributed by atoms with Gasteiger partial charge in [0.15, 0.2) is 0 Å². The summed E-state index contributed by atoms with van der Waals surface area (Å²) in [6.45, 7) is 3.36. The fraction of sp³-hybridized carbons (Fsp3) is 0.312. The molecule has 0 fully saturated rings. The SMILES string of the molecule is CC(c1nc(-c2cccnc2)no1)N(CCO)Cc1ccsc1. The topological polar surface area (TPSA) is 75.3 Å².